The summed E-state index contributed by atoms with van der Waals surface area (Å²) in [7, 11) is 0. The summed E-state index contributed by atoms with van der Waals surface area (Å²) in [5, 5.41) is 0. The van der Waals surface area contributed by atoms with Crippen LogP contribution in [0.2, 0.25) is 0 Å². The highest BCUT2D eigenvalue weighted by atomic mass is 16.1. The Morgan fingerprint density at radius 3 is 2.75 bits per heavy atom. The highest BCUT2D eigenvalue weighted by molar-refractivity contribution is 5.78. The molecule has 0 unspecified atom stereocenters. The molecule has 1 aromatic heterocycles. The lowest BCUT2D eigenvalue weighted by molar-refractivity contribution is -0.116. The minimum absolute atomic E-state index is 0.179. The minimum atomic E-state index is 0.179. The SMILES string of the molecule is CC(=O)Cc1cccc(-c2ccccn2)c1. The van der Waals surface area contributed by atoms with E-state index >= 15 is 0 Å². The van der Waals surface area contributed by atoms with Gasteiger partial charge < -0.3 is 0 Å². The second kappa shape index (κ2) is 4.71. The van der Waals surface area contributed by atoms with Gasteiger partial charge in [-0.25, -0.2) is 0 Å². The van der Waals surface area contributed by atoms with Crippen molar-refractivity contribution < 1.29 is 4.79 Å². The summed E-state index contributed by atoms with van der Waals surface area (Å²) in [5.74, 6) is 0.179. The van der Waals surface area contributed by atoms with Crippen LogP contribution in [0.3, 0.4) is 0 Å². The van der Waals surface area contributed by atoms with E-state index in [1.165, 1.54) is 0 Å². The third kappa shape index (κ3) is 2.54. The molecule has 0 atom stereocenters. The van der Waals surface area contributed by atoms with Crippen molar-refractivity contribution in [3.63, 3.8) is 0 Å². The highest BCUT2D eigenvalue weighted by Crippen LogP contribution is 2.17. The zero-order chi connectivity index (χ0) is 11.4. The van der Waals surface area contributed by atoms with E-state index in [9.17, 15) is 4.79 Å². The predicted molar refractivity (Wildman–Crippen MR) is 64.1 cm³/mol. The van der Waals surface area contributed by atoms with Crippen LogP contribution in [0.15, 0.2) is 48.7 Å². The number of hydrogen-bond donors (Lipinski definition) is 0. The molecule has 0 aliphatic heterocycles. The van der Waals surface area contributed by atoms with E-state index < -0.39 is 0 Å². The minimum Gasteiger partial charge on any atom is -0.300 e. The fraction of sp³-hybridized carbons (Fsp3) is 0.143. The van der Waals surface area contributed by atoms with E-state index in [0.29, 0.717) is 6.42 Å². The quantitative estimate of drug-likeness (QED) is 0.781. The Kier molecular flexibility index (Phi) is 3.10. The molecule has 0 aliphatic rings. The number of nitrogens with zero attached hydrogens (tertiary/aromatic N) is 1. The lowest BCUT2D eigenvalue weighted by Crippen LogP contribution is -1.96. The average Bonchev–Trinajstić information content (AvgIpc) is 2.30. The summed E-state index contributed by atoms with van der Waals surface area (Å²) in [4.78, 5) is 15.3. The standard InChI is InChI=1S/C14H13NO/c1-11(16)9-12-5-4-6-13(10-12)14-7-2-3-8-15-14/h2-8,10H,9H2,1H3. The van der Waals surface area contributed by atoms with Crippen LogP contribution in [0.25, 0.3) is 11.3 Å². The van der Waals surface area contributed by atoms with Crippen molar-refractivity contribution in [3.05, 3.63) is 54.2 Å². The van der Waals surface area contributed by atoms with Crippen molar-refractivity contribution in [1.29, 1.82) is 0 Å². The Morgan fingerprint density at radius 2 is 2.06 bits per heavy atom. The zero-order valence-electron chi connectivity index (χ0n) is 9.18. The molecule has 2 nitrogen and oxygen atoms in total. The van der Waals surface area contributed by atoms with Crippen LogP contribution >= 0.6 is 0 Å². The smallest absolute Gasteiger partial charge is 0.134 e. The summed E-state index contributed by atoms with van der Waals surface area (Å²) in [6.07, 6.45) is 2.26. The van der Waals surface area contributed by atoms with E-state index in [0.717, 1.165) is 16.8 Å². The maximum atomic E-state index is 11.0. The van der Waals surface area contributed by atoms with Gasteiger partial charge in [0.2, 0.25) is 0 Å². The van der Waals surface area contributed by atoms with Crippen LogP contribution in [0.4, 0.5) is 0 Å². The number of Topliss-reactive ketones (excluding diaryl/α,β-unsaturated/α-hetero) is 1. The second-order valence-electron chi connectivity index (χ2n) is 3.79. The van der Waals surface area contributed by atoms with Crippen molar-refractivity contribution in [3.8, 4) is 11.3 Å². The van der Waals surface area contributed by atoms with Crippen molar-refractivity contribution in [2.75, 3.05) is 0 Å². The van der Waals surface area contributed by atoms with Gasteiger partial charge in [-0.1, -0.05) is 24.3 Å². The second-order valence-corrected chi connectivity index (χ2v) is 3.79. The largest absolute Gasteiger partial charge is 0.300 e. The van der Waals surface area contributed by atoms with Gasteiger partial charge in [0.05, 0.1) is 5.69 Å². The van der Waals surface area contributed by atoms with Crippen LogP contribution < -0.4 is 0 Å². The van der Waals surface area contributed by atoms with Crippen LogP contribution in [0.1, 0.15) is 12.5 Å². The van der Waals surface area contributed by atoms with Gasteiger partial charge in [0.15, 0.2) is 0 Å². The van der Waals surface area contributed by atoms with Crippen molar-refractivity contribution in [2.45, 2.75) is 13.3 Å². The molecule has 0 spiro atoms. The number of carbonyl (C=O) groups is 1. The topological polar surface area (TPSA) is 30.0 Å². The number of rotatable bonds is 3. The van der Waals surface area contributed by atoms with E-state index in [-0.39, 0.29) is 5.78 Å². The molecule has 16 heavy (non-hydrogen) atoms. The first-order chi connectivity index (χ1) is 7.75. The van der Waals surface area contributed by atoms with Crippen molar-refractivity contribution in [1.82, 2.24) is 4.98 Å². The first kappa shape index (κ1) is 10.6. The normalized spacial score (nSPS) is 10.1. The van der Waals surface area contributed by atoms with E-state index in [1.807, 2.05) is 42.5 Å². The summed E-state index contributed by atoms with van der Waals surface area (Å²) in [6.45, 7) is 1.60. The summed E-state index contributed by atoms with van der Waals surface area (Å²) in [6, 6.07) is 13.8. The third-order valence-electron chi connectivity index (χ3n) is 2.34. The van der Waals surface area contributed by atoms with Gasteiger partial charge in [-0.2, -0.15) is 0 Å². The van der Waals surface area contributed by atoms with Gasteiger partial charge in [0.1, 0.15) is 5.78 Å². The third-order valence-corrected chi connectivity index (χ3v) is 2.34. The van der Waals surface area contributed by atoms with Crippen LogP contribution in [-0.2, 0) is 11.2 Å². The predicted octanol–water partition coefficient (Wildman–Crippen LogP) is 2.88. The van der Waals surface area contributed by atoms with Crippen LogP contribution in [-0.4, -0.2) is 10.8 Å². The number of benzene rings is 1. The molecule has 0 fully saturated rings. The van der Waals surface area contributed by atoms with Crippen LogP contribution in [0, 0.1) is 0 Å². The van der Waals surface area contributed by atoms with E-state index in [1.54, 1.807) is 13.1 Å². The van der Waals surface area contributed by atoms with E-state index in [4.69, 9.17) is 0 Å². The summed E-state index contributed by atoms with van der Waals surface area (Å²) in [5.41, 5.74) is 3.03. The molecular weight excluding hydrogens is 198 g/mol. The maximum absolute atomic E-state index is 11.0. The van der Waals surface area contributed by atoms with Gasteiger partial charge in [0.25, 0.3) is 0 Å². The molecule has 1 heterocycles. The molecule has 80 valence electrons. The Bertz CT molecular complexity index is 491. The molecule has 0 saturated carbocycles. The Hall–Kier alpha value is -1.96. The lowest BCUT2D eigenvalue weighted by atomic mass is 10.0. The van der Waals surface area contributed by atoms with Gasteiger partial charge in [0, 0.05) is 18.2 Å². The molecule has 0 radical (unpaired) electrons. The summed E-state index contributed by atoms with van der Waals surface area (Å²) >= 11 is 0. The molecule has 0 amide bonds. The number of carbonyl (C=O) groups excluding carboxylic acids is 1. The van der Waals surface area contributed by atoms with Gasteiger partial charge >= 0.3 is 0 Å². The first-order valence-electron chi connectivity index (χ1n) is 5.25. The number of aromatic nitrogens is 1. The fourth-order valence-electron chi connectivity index (χ4n) is 1.66. The van der Waals surface area contributed by atoms with Crippen molar-refractivity contribution >= 4 is 5.78 Å². The zero-order valence-corrected chi connectivity index (χ0v) is 9.18. The van der Waals surface area contributed by atoms with E-state index in [2.05, 4.69) is 4.98 Å². The molecule has 2 rings (SSSR count). The van der Waals surface area contributed by atoms with Crippen LogP contribution in [0.5, 0.6) is 0 Å². The first-order valence-corrected chi connectivity index (χ1v) is 5.25. The average molecular weight is 211 g/mol. The molecule has 0 aliphatic carbocycles. The molecular formula is C14H13NO. The Balaban J connectivity index is 2.33. The number of hydrogen-bond acceptors (Lipinski definition) is 2. The number of ketones is 1. The molecule has 2 heteroatoms. The Morgan fingerprint density at radius 1 is 1.19 bits per heavy atom. The molecule has 2 aromatic rings. The molecule has 0 bridgehead atoms. The fourth-order valence-corrected chi connectivity index (χ4v) is 1.66. The highest BCUT2D eigenvalue weighted by Gasteiger charge is 2.01. The summed E-state index contributed by atoms with van der Waals surface area (Å²) < 4.78 is 0. The molecule has 0 saturated heterocycles. The maximum Gasteiger partial charge on any atom is 0.134 e. The van der Waals surface area contributed by atoms with Gasteiger partial charge in [-0.15, -0.1) is 0 Å². The lowest BCUT2D eigenvalue weighted by Gasteiger charge is -2.03. The molecule has 1 aromatic carbocycles. The van der Waals surface area contributed by atoms with Crippen molar-refractivity contribution in [2.24, 2.45) is 0 Å². The van der Waals surface area contributed by atoms with Gasteiger partial charge in [-0.3, -0.25) is 9.78 Å². The Labute approximate surface area is 95.0 Å². The monoisotopic (exact) mass is 211 g/mol. The van der Waals surface area contributed by atoms with Gasteiger partial charge in [-0.05, 0) is 30.7 Å². The molecule has 0 N–H and O–H groups in total. The number of pyridine rings is 1.